The molecule has 2 nitrogen and oxygen atoms in total. The second kappa shape index (κ2) is 3.83. The van der Waals surface area contributed by atoms with Gasteiger partial charge < -0.3 is 5.11 Å². The normalized spacial score (nSPS) is 11.8. The molecule has 0 spiro atoms. The van der Waals surface area contributed by atoms with Gasteiger partial charge in [-0.3, -0.25) is 0 Å². The van der Waals surface area contributed by atoms with Crippen LogP contribution >= 0.6 is 0 Å². The molecule has 0 aliphatic carbocycles. The predicted octanol–water partition coefficient (Wildman–Crippen LogP) is 1.92. The van der Waals surface area contributed by atoms with Crippen LogP contribution < -0.4 is 0 Å². The number of aliphatic hydroxyl groups is 1. The lowest BCUT2D eigenvalue weighted by molar-refractivity contribution is 0.228. The third-order valence-corrected chi connectivity index (χ3v) is 1.61. The minimum absolute atomic E-state index is 0.191. The van der Waals surface area contributed by atoms with Crippen molar-refractivity contribution in [3.63, 3.8) is 0 Å². The van der Waals surface area contributed by atoms with Crippen LogP contribution in [0.4, 0.5) is 4.39 Å². The number of nitrogens with zero attached hydrogens (tertiary/aromatic N) is 1. The first-order valence-corrected chi connectivity index (χ1v) is 3.68. The summed E-state index contributed by atoms with van der Waals surface area (Å²) in [6.45, 7) is 3.37. The lowest BCUT2D eigenvalue weighted by Crippen LogP contribution is -1.94. The fourth-order valence-corrected chi connectivity index (χ4v) is 0.984. The minimum atomic E-state index is -0.928. The first kappa shape index (κ1) is 9.43. The highest BCUT2D eigenvalue weighted by Gasteiger charge is 2.05. The highest BCUT2D eigenvalue weighted by molar-refractivity contribution is 5.35. The highest BCUT2D eigenvalue weighted by atomic mass is 19.1. The summed E-state index contributed by atoms with van der Waals surface area (Å²) in [4.78, 5) is 0. The number of benzene rings is 1. The molecule has 0 fully saturated rings. The van der Waals surface area contributed by atoms with Gasteiger partial charge in [0.05, 0.1) is 17.7 Å². The van der Waals surface area contributed by atoms with E-state index in [9.17, 15) is 9.50 Å². The number of rotatable bonds is 2. The molecule has 1 aromatic carbocycles. The fourth-order valence-electron chi connectivity index (χ4n) is 0.984. The molecule has 0 aromatic heterocycles. The summed E-state index contributed by atoms with van der Waals surface area (Å²) < 4.78 is 12.8. The Morgan fingerprint density at radius 1 is 1.54 bits per heavy atom. The van der Waals surface area contributed by atoms with Gasteiger partial charge in [-0.05, 0) is 23.8 Å². The van der Waals surface area contributed by atoms with Crippen LogP contribution in [-0.2, 0) is 0 Å². The molecule has 13 heavy (non-hydrogen) atoms. The van der Waals surface area contributed by atoms with Gasteiger partial charge in [0.1, 0.15) is 5.82 Å². The topological polar surface area (TPSA) is 44.0 Å². The van der Waals surface area contributed by atoms with Crippen molar-refractivity contribution < 1.29 is 9.50 Å². The zero-order chi connectivity index (χ0) is 9.84. The van der Waals surface area contributed by atoms with Crippen LogP contribution in [0.5, 0.6) is 0 Å². The van der Waals surface area contributed by atoms with Crippen molar-refractivity contribution in [2.24, 2.45) is 0 Å². The molecule has 1 aromatic rings. The summed E-state index contributed by atoms with van der Waals surface area (Å²) in [5, 5.41) is 17.8. The maximum absolute atomic E-state index is 12.8. The van der Waals surface area contributed by atoms with Crippen LogP contribution in [0.3, 0.4) is 0 Å². The molecule has 1 N–H and O–H groups in total. The third-order valence-electron chi connectivity index (χ3n) is 1.61. The van der Waals surface area contributed by atoms with E-state index in [1.807, 2.05) is 0 Å². The number of nitriles is 1. The van der Waals surface area contributed by atoms with E-state index in [0.29, 0.717) is 5.56 Å². The minimum Gasteiger partial charge on any atom is -0.384 e. The van der Waals surface area contributed by atoms with Gasteiger partial charge in [0.2, 0.25) is 0 Å². The summed E-state index contributed by atoms with van der Waals surface area (Å²) >= 11 is 0. The molecule has 3 heteroatoms. The van der Waals surface area contributed by atoms with Gasteiger partial charge in [-0.2, -0.15) is 5.26 Å². The van der Waals surface area contributed by atoms with Gasteiger partial charge in [-0.25, -0.2) is 4.39 Å². The van der Waals surface area contributed by atoms with Crippen molar-refractivity contribution in [2.45, 2.75) is 6.10 Å². The van der Waals surface area contributed by atoms with Crippen molar-refractivity contribution in [2.75, 3.05) is 0 Å². The van der Waals surface area contributed by atoms with E-state index in [2.05, 4.69) is 6.58 Å². The Bertz CT molecular complexity index is 368. The van der Waals surface area contributed by atoms with E-state index in [1.165, 1.54) is 18.2 Å². The van der Waals surface area contributed by atoms with Crippen LogP contribution in [0.25, 0.3) is 0 Å². The van der Waals surface area contributed by atoms with Gasteiger partial charge in [-0.15, -0.1) is 6.58 Å². The van der Waals surface area contributed by atoms with E-state index in [1.54, 1.807) is 6.07 Å². The van der Waals surface area contributed by atoms with Crippen molar-refractivity contribution in [1.29, 1.82) is 5.26 Å². The zero-order valence-electron chi connectivity index (χ0n) is 6.87. The SMILES string of the molecule is C=CC(O)c1cc(F)cc(C#N)c1. The second-order valence-corrected chi connectivity index (χ2v) is 2.57. The molecule has 0 saturated heterocycles. The van der Waals surface area contributed by atoms with Crippen LogP contribution in [0.2, 0.25) is 0 Å². The van der Waals surface area contributed by atoms with Gasteiger partial charge in [-0.1, -0.05) is 6.08 Å². The summed E-state index contributed by atoms with van der Waals surface area (Å²) in [6, 6.07) is 5.51. The van der Waals surface area contributed by atoms with Gasteiger partial charge >= 0.3 is 0 Å². The Balaban J connectivity index is 3.17. The molecule has 1 atom stereocenters. The highest BCUT2D eigenvalue weighted by Crippen LogP contribution is 2.16. The number of halogens is 1. The van der Waals surface area contributed by atoms with E-state index >= 15 is 0 Å². The molecule has 1 unspecified atom stereocenters. The Morgan fingerprint density at radius 3 is 2.77 bits per heavy atom. The van der Waals surface area contributed by atoms with Gasteiger partial charge in [0, 0.05) is 0 Å². The number of aliphatic hydroxyl groups excluding tert-OH is 1. The summed E-state index contributed by atoms with van der Waals surface area (Å²) in [6.07, 6.45) is 0.346. The van der Waals surface area contributed by atoms with Crippen molar-refractivity contribution in [3.05, 3.63) is 47.8 Å². The Labute approximate surface area is 75.6 Å². The van der Waals surface area contributed by atoms with Crippen LogP contribution in [-0.4, -0.2) is 5.11 Å². The first-order chi connectivity index (χ1) is 6.17. The molecule has 66 valence electrons. The molecule has 0 bridgehead atoms. The van der Waals surface area contributed by atoms with Crippen molar-refractivity contribution in [3.8, 4) is 6.07 Å². The molecule has 0 amide bonds. The largest absolute Gasteiger partial charge is 0.384 e. The lowest BCUT2D eigenvalue weighted by Gasteiger charge is -2.05. The average molecular weight is 177 g/mol. The van der Waals surface area contributed by atoms with Crippen molar-refractivity contribution in [1.82, 2.24) is 0 Å². The molecule has 0 aliphatic heterocycles. The molecule has 0 heterocycles. The monoisotopic (exact) mass is 177 g/mol. The third kappa shape index (κ3) is 2.14. The summed E-state index contributed by atoms with van der Waals surface area (Å²) in [5.41, 5.74) is 0.530. The predicted molar refractivity (Wildman–Crippen MR) is 46.3 cm³/mol. The Morgan fingerprint density at radius 2 is 2.23 bits per heavy atom. The summed E-state index contributed by atoms with van der Waals surface area (Å²) in [5.74, 6) is -0.532. The average Bonchev–Trinajstić information content (AvgIpc) is 2.15. The van der Waals surface area contributed by atoms with E-state index < -0.39 is 11.9 Å². The molecular formula is C10H8FNO. The smallest absolute Gasteiger partial charge is 0.124 e. The Kier molecular flexibility index (Phi) is 2.78. The molecule has 1 rings (SSSR count). The number of hydrogen-bond donors (Lipinski definition) is 1. The molecule has 0 aliphatic rings. The molecular weight excluding hydrogens is 169 g/mol. The van der Waals surface area contributed by atoms with Crippen LogP contribution in [0, 0.1) is 17.1 Å². The second-order valence-electron chi connectivity index (χ2n) is 2.57. The summed E-state index contributed by atoms with van der Waals surface area (Å²) in [7, 11) is 0. The molecule has 0 radical (unpaired) electrons. The number of hydrogen-bond acceptors (Lipinski definition) is 2. The quantitative estimate of drug-likeness (QED) is 0.701. The van der Waals surface area contributed by atoms with Crippen LogP contribution in [0.15, 0.2) is 30.9 Å². The van der Waals surface area contributed by atoms with Crippen LogP contribution in [0.1, 0.15) is 17.2 Å². The zero-order valence-corrected chi connectivity index (χ0v) is 6.87. The maximum Gasteiger partial charge on any atom is 0.124 e. The first-order valence-electron chi connectivity index (χ1n) is 3.68. The Hall–Kier alpha value is -1.66. The van der Waals surface area contributed by atoms with E-state index in [0.717, 1.165) is 6.07 Å². The lowest BCUT2D eigenvalue weighted by atomic mass is 10.1. The van der Waals surface area contributed by atoms with Gasteiger partial charge in [0.15, 0.2) is 0 Å². The fraction of sp³-hybridized carbons (Fsp3) is 0.100. The van der Waals surface area contributed by atoms with E-state index in [-0.39, 0.29) is 5.56 Å². The van der Waals surface area contributed by atoms with E-state index in [4.69, 9.17) is 5.26 Å². The van der Waals surface area contributed by atoms with Crippen molar-refractivity contribution >= 4 is 0 Å². The molecule has 0 saturated carbocycles. The maximum atomic E-state index is 12.8. The standard InChI is InChI=1S/C10H8FNO/c1-2-10(13)8-3-7(6-12)4-9(11)5-8/h2-5,10,13H,1H2. The van der Waals surface area contributed by atoms with Gasteiger partial charge in [0.25, 0.3) is 0 Å².